The van der Waals surface area contributed by atoms with Gasteiger partial charge in [-0.3, -0.25) is 19.7 Å². The largest absolute Gasteiger partial charge is 0.466 e. The van der Waals surface area contributed by atoms with E-state index in [0.29, 0.717) is 12.5 Å². The Labute approximate surface area is 120 Å². The van der Waals surface area contributed by atoms with Gasteiger partial charge in [0.2, 0.25) is 0 Å². The molecule has 0 spiro atoms. The van der Waals surface area contributed by atoms with Gasteiger partial charge in [0.1, 0.15) is 11.4 Å². The van der Waals surface area contributed by atoms with Crippen LogP contribution in [-0.4, -0.2) is 30.0 Å². The molecule has 1 N–H and O–H groups in total. The second-order valence-electron chi connectivity index (χ2n) is 4.08. The van der Waals surface area contributed by atoms with Gasteiger partial charge in [0, 0.05) is 13.0 Å². The molecule has 0 bridgehead atoms. The Morgan fingerprint density at radius 2 is 2.14 bits per heavy atom. The predicted molar refractivity (Wildman–Crippen MR) is 71.3 cm³/mol. The van der Waals surface area contributed by atoms with Crippen molar-refractivity contribution in [3.8, 4) is 0 Å². The molecule has 1 aromatic carbocycles. The molecule has 0 radical (unpaired) electrons. The fraction of sp³-hybridized carbons (Fsp3) is 0.385. The standard InChI is InChI=1S/C13H15FN2O5/c1-2-21-12(17)4-3-7-15-13(18)10-6-5-9(14)8-11(10)16(19)20/h5-6,8H,2-4,7H2,1H3,(H,15,18). The number of carbonyl (C=O) groups excluding carboxylic acids is 2. The molecular weight excluding hydrogens is 283 g/mol. The number of benzene rings is 1. The SMILES string of the molecule is CCOC(=O)CCCNC(=O)c1ccc(F)cc1[N+](=O)[O-]. The predicted octanol–water partition coefficient (Wildman–Crippen LogP) is 1.81. The van der Waals surface area contributed by atoms with Crippen molar-refractivity contribution in [2.75, 3.05) is 13.2 Å². The summed E-state index contributed by atoms with van der Waals surface area (Å²) in [7, 11) is 0. The Balaban J connectivity index is 2.56. The molecule has 0 unspecified atom stereocenters. The number of nitro groups is 1. The highest BCUT2D eigenvalue weighted by molar-refractivity contribution is 5.98. The third-order valence-electron chi connectivity index (χ3n) is 2.55. The molecule has 0 saturated heterocycles. The Morgan fingerprint density at radius 1 is 1.43 bits per heavy atom. The number of rotatable bonds is 7. The number of hydrogen-bond acceptors (Lipinski definition) is 5. The third-order valence-corrected chi connectivity index (χ3v) is 2.55. The summed E-state index contributed by atoms with van der Waals surface area (Å²) in [6.45, 7) is 2.13. The normalized spacial score (nSPS) is 10.0. The van der Waals surface area contributed by atoms with E-state index in [1.807, 2.05) is 0 Å². The maximum Gasteiger partial charge on any atom is 0.305 e. The van der Waals surface area contributed by atoms with E-state index in [1.54, 1.807) is 6.92 Å². The average molecular weight is 298 g/mol. The summed E-state index contributed by atoms with van der Waals surface area (Å²) in [6, 6.07) is 2.71. The smallest absolute Gasteiger partial charge is 0.305 e. The van der Waals surface area contributed by atoms with Crippen LogP contribution in [0.5, 0.6) is 0 Å². The van der Waals surface area contributed by atoms with E-state index in [1.165, 1.54) is 0 Å². The first-order valence-electron chi connectivity index (χ1n) is 6.33. The van der Waals surface area contributed by atoms with Gasteiger partial charge in [-0.2, -0.15) is 0 Å². The van der Waals surface area contributed by atoms with Gasteiger partial charge >= 0.3 is 5.97 Å². The van der Waals surface area contributed by atoms with Gasteiger partial charge in [0.15, 0.2) is 0 Å². The first kappa shape index (κ1) is 16.5. The zero-order valence-electron chi connectivity index (χ0n) is 11.4. The van der Waals surface area contributed by atoms with Crippen molar-refractivity contribution in [2.45, 2.75) is 19.8 Å². The quantitative estimate of drug-likeness (QED) is 0.358. The number of nitrogens with zero attached hydrogens (tertiary/aromatic N) is 1. The Bertz CT molecular complexity index is 547. The van der Waals surface area contributed by atoms with E-state index < -0.39 is 22.3 Å². The molecule has 0 aliphatic carbocycles. The van der Waals surface area contributed by atoms with E-state index in [-0.39, 0.29) is 31.1 Å². The Kier molecular flexibility index (Phi) is 6.25. The zero-order valence-corrected chi connectivity index (χ0v) is 11.4. The van der Waals surface area contributed by atoms with E-state index in [9.17, 15) is 24.1 Å². The van der Waals surface area contributed by atoms with Crippen molar-refractivity contribution in [3.63, 3.8) is 0 Å². The second kappa shape index (κ2) is 7.93. The van der Waals surface area contributed by atoms with Crippen molar-refractivity contribution >= 4 is 17.6 Å². The van der Waals surface area contributed by atoms with Gasteiger partial charge in [-0.15, -0.1) is 0 Å². The number of nitrogens with one attached hydrogen (secondary N) is 1. The van der Waals surface area contributed by atoms with E-state index in [0.717, 1.165) is 12.1 Å². The van der Waals surface area contributed by atoms with Crippen LogP contribution < -0.4 is 5.32 Å². The van der Waals surface area contributed by atoms with Crippen molar-refractivity contribution in [3.05, 3.63) is 39.7 Å². The summed E-state index contributed by atoms with van der Waals surface area (Å²) in [5.41, 5.74) is -0.824. The van der Waals surface area contributed by atoms with Crippen molar-refractivity contribution in [1.29, 1.82) is 0 Å². The number of carbonyl (C=O) groups is 2. The zero-order chi connectivity index (χ0) is 15.8. The summed E-state index contributed by atoms with van der Waals surface area (Å²) in [6.07, 6.45) is 0.485. The van der Waals surface area contributed by atoms with Gasteiger partial charge < -0.3 is 10.1 Å². The molecule has 0 fully saturated rings. The molecule has 8 heteroatoms. The molecule has 7 nitrogen and oxygen atoms in total. The van der Waals surface area contributed by atoms with Gasteiger partial charge in [0.05, 0.1) is 17.6 Å². The van der Waals surface area contributed by atoms with Crippen LogP contribution in [-0.2, 0) is 9.53 Å². The minimum atomic E-state index is -0.823. The lowest BCUT2D eigenvalue weighted by Crippen LogP contribution is -2.25. The molecule has 1 rings (SSSR count). The Hall–Kier alpha value is -2.51. The first-order valence-corrected chi connectivity index (χ1v) is 6.33. The van der Waals surface area contributed by atoms with Crippen LogP contribution in [0.25, 0.3) is 0 Å². The third kappa shape index (κ3) is 5.17. The van der Waals surface area contributed by atoms with E-state index in [2.05, 4.69) is 5.32 Å². The summed E-state index contributed by atoms with van der Waals surface area (Å²) < 4.78 is 17.7. The van der Waals surface area contributed by atoms with Crippen molar-refractivity contribution in [2.24, 2.45) is 0 Å². The summed E-state index contributed by atoms with van der Waals surface area (Å²) in [5, 5.41) is 13.2. The van der Waals surface area contributed by atoms with E-state index in [4.69, 9.17) is 4.74 Å². The minimum absolute atomic E-state index is 0.139. The molecule has 0 heterocycles. The van der Waals surface area contributed by atoms with Crippen LogP contribution in [0, 0.1) is 15.9 Å². The molecule has 21 heavy (non-hydrogen) atoms. The van der Waals surface area contributed by atoms with Crippen LogP contribution in [0.2, 0.25) is 0 Å². The maximum absolute atomic E-state index is 13.0. The van der Waals surface area contributed by atoms with Crippen molar-refractivity contribution in [1.82, 2.24) is 5.32 Å². The molecule has 114 valence electrons. The van der Waals surface area contributed by atoms with Crippen LogP contribution in [0.4, 0.5) is 10.1 Å². The fourth-order valence-corrected chi connectivity index (χ4v) is 1.61. The van der Waals surface area contributed by atoms with Gasteiger partial charge in [-0.05, 0) is 25.5 Å². The Morgan fingerprint density at radius 3 is 2.76 bits per heavy atom. The molecule has 0 aliphatic heterocycles. The average Bonchev–Trinajstić information content (AvgIpc) is 2.43. The number of amides is 1. The first-order chi connectivity index (χ1) is 9.95. The summed E-state index contributed by atoms with van der Waals surface area (Å²) in [5.74, 6) is -1.86. The molecule has 0 aliphatic rings. The molecule has 0 saturated carbocycles. The minimum Gasteiger partial charge on any atom is -0.466 e. The lowest BCUT2D eigenvalue weighted by Gasteiger charge is -2.06. The number of nitro benzene ring substituents is 1. The van der Waals surface area contributed by atoms with Crippen LogP contribution in [0.15, 0.2) is 18.2 Å². The molecule has 0 atom stereocenters. The molecule has 1 amide bonds. The summed E-state index contributed by atoms with van der Waals surface area (Å²) in [4.78, 5) is 32.8. The van der Waals surface area contributed by atoms with Crippen LogP contribution >= 0.6 is 0 Å². The molecular formula is C13H15FN2O5. The highest BCUT2D eigenvalue weighted by Crippen LogP contribution is 2.19. The lowest BCUT2D eigenvalue weighted by molar-refractivity contribution is -0.385. The second-order valence-corrected chi connectivity index (χ2v) is 4.08. The molecule has 1 aromatic rings. The number of hydrogen-bond donors (Lipinski definition) is 1. The van der Waals surface area contributed by atoms with E-state index >= 15 is 0 Å². The number of halogens is 1. The topological polar surface area (TPSA) is 98.5 Å². The number of ether oxygens (including phenoxy) is 1. The van der Waals surface area contributed by atoms with Gasteiger partial charge in [-0.25, -0.2) is 4.39 Å². The highest BCUT2D eigenvalue weighted by Gasteiger charge is 2.20. The summed E-state index contributed by atoms with van der Waals surface area (Å²) >= 11 is 0. The number of esters is 1. The lowest BCUT2D eigenvalue weighted by atomic mass is 10.1. The highest BCUT2D eigenvalue weighted by atomic mass is 19.1. The van der Waals surface area contributed by atoms with Crippen LogP contribution in [0.3, 0.4) is 0 Å². The monoisotopic (exact) mass is 298 g/mol. The maximum atomic E-state index is 13.0. The van der Waals surface area contributed by atoms with Gasteiger partial charge in [-0.1, -0.05) is 0 Å². The van der Waals surface area contributed by atoms with Gasteiger partial charge in [0.25, 0.3) is 11.6 Å². The van der Waals surface area contributed by atoms with Crippen molar-refractivity contribution < 1.29 is 23.6 Å². The van der Waals surface area contributed by atoms with Crippen LogP contribution in [0.1, 0.15) is 30.1 Å². The molecule has 0 aromatic heterocycles. The fourth-order valence-electron chi connectivity index (χ4n) is 1.61.